The fourth-order valence-electron chi connectivity index (χ4n) is 1.70. The average Bonchev–Trinajstić information content (AvgIpc) is 2.09. The van der Waals surface area contributed by atoms with Crippen molar-refractivity contribution in [2.75, 3.05) is 0 Å². The maximum Gasteiger partial charge on any atom is 0.253 e. The van der Waals surface area contributed by atoms with Gasteiger partial charge in [0.15, 0.2) is 0 Å². The van der Waals surface area contributed by atoms with Crippen LogP contribution in [-0.2, 0) is 4.79 Å². The molecule has 0 aromatic heterocycles. The number of rotatable bonds is 4. The normalized spacial score (nSPS) is 16.3. The van der Waals surface area contributed by atoms with Crippen LogP contribution in [0.4, 0.5) is 0 Å². The molecule has 0 aliphatic carbocycles. The topological polar surface area (TPSA) is 93.2 Å². The molecule has 1 amide bonds. The summed E-state index contributed by atoms with van der Waals surface area (Å²) >= 11 is 0. The molecule has 0 bridgehead atoms. The van der Waals surface area contributed by atoms with Crippen LogP contribution in [0.15, 0.2) is 0 Å². The van der Waals surface area contributed by atoms with Gasteiger partial charge < -0.3 is 11.1 Å². The molecule has 5 heteroatoms. The monoisotopic (exact) mass is 216 g/mol. The van der Waals surface area contributed by atoms with Gasteiger partial charge in [-0.2, -0.15) is 0 Å². The fourth-order valence-corrected chi connectivity index (χ4v) is 1.70. The maximum atomic E-state index is 11.6. The van der Waals surface area contributed by atoms with Crippen LogP contribution in [0, 0.1) is 11.3 Å². The highest BCUT2D eigenvalue weighted by Gasteiger charge is 2.29. The molecule has 0 aliphatic heterocycles. The Bertz CT molecular complexity index is 210. The standard InChI is InChI=1S/C10H24N4O/c1-6(2)7(10(3,4)5)13-9(15)8(11)14-12/h6-8,14H,11-12H2,1-5H3,(H,13,15). The van der Waals surface area contributed by atoms with E-state index in [-0.39, 0.29) is 17.4 Å². The minimum atomic E-state index is -0.853. The van der Waals surface area contributed by atoms with Gasteiger partial charge in [-0.1, -0.05) is 34.6 Å². The Morgan fingerprint density at radius 1 is 1.27 bits per heavy atom. The van der Waals surface area contributed by atoms with Crippen LogP contribution < -0.4 is 22.3 Å². The zero-order chi connectivity index (χ0) is 12.2. The van der Waals surface area contributed by atoms with E-state index in [4.69, 9.17) is 11.6 Å². The smallest absolute Gasteiger partial charge is 0.253 e. The van der Waals surface area contributed by atoms with Gasteiger partial charge in [0.1, 0.15) is 6.17 Å². The SMILES string of the molecule is CC(C)C(NC(=O)C(N)NN)C(C)(C)C. The number of hydrogen-bond acceptors (Lipinski definition) is 4. The quantitative estimate of drug-likeness (QED) is 0.300. The third-order valence-corrected chi connectivity index (χ3v) is 2.36. The third-order valence-electron chi connectivity index (χ3n) is 2.36. The summed E-state index contributed by atoms with van der Waals surface area (Å²) in [5.41, 5.74) is 7.68. The van der Waals surface area contributed by atoms with Gasteiger partial charge in [0, 0.05) is 6.04 Å². The Morgan fingerprint density at radius 3 is 2.00 bits per heavy atom. The minimum Gasteiger partial charge on any atom is -0.350 e. The lowest BCUT2D eigenvalue weighted by Gasteiger charge is -2.35. The Labute approximate surface area is 91.9 Å². The van der Waals surface area contributed by atoms with Crippen LogP contribution in [0.2, 0.25) is 0 Å². The van der Waals surface area contributed by atoms with Gasteiger partial charge >= 0.3 is 0 Å². The summed E-state index contributed by atoms with van der Waals surface area (Å²) in [5.74, 6) is 5.17. The lowest BCUT2D eigenvalue weighted by atomic mass is 9.80. The molecule has 0 fully saturated rings. The highest BCUT2D eigenvalue weighted by Crippen LogP contribution is 2.24. The summed E-state index contributed by atoms with van der Waals surface area (Å²) in [6.07, 6.45) is -0.853. The van der Waals surface area contributed by atoms with E-state index in [1.807, 2.05) is 0 Å². The molecule has 0 radical (unpaired) electrons. The molecule has 0 aromatic carbocycles. The minimum absolute atomic E-state index is 0.00184. The van der Waals surface area contributed by atoms with Gasteiger partial charge in [0.25, 0.3) is 5.91 Å². The fraction of sp³-hybridized carbons (Fsp3) is 0.900. The van der Waals surface area contributed by atoms with Gasteiger partial charge in [-0.3, -0.25) is 10.6 Å². The van der Waals surface area contributed by atoms with E-state index in [1.54, 1.807) is 0 Å². The van der Waals surface area contributed by atoms with E-state index in [0.717, 1.165) is 0 Å². The molecule has 2 atom stereocenters. The van der Waals surface area contributed by atoms with Crippen LogP contribution in [0.1, 0.15) is 34.6 Å². The number of amides is 1. The molecule has 2 unspecified atom stereocenters. The van der Waals surface area contributed by atoms with Gasteiger partial charge in [-0.25, -0.2) is 5.43 Å². The molecule has 0 aliphatic rings. The molecule has 0 saturated carbocycles. The van der Waals surface area contributed by atoms with E-state index in [0.29, 0.717) is 5.92 Å². The maximum absolute atomic E-state index is 11.6. The molecule has 0 saturated heterocycles. The molecule has 5 nitrogen and oxygen atoms in total. The van der Waals surface area contributed by atoms with Crippen LogP contribution >= 0.6 is 0 Å². The Morgan fingerprint density at radius 2 is 1.73 bits per heavy atom. The van der Waals surface area contributed by atoms with E-state index in [9.17, 15) is 4.79 Å². The molecular formula is C10H24N4O. The van der Waals surface area contributed by atoms with Crippen molar-refractivity contribution >= 4 is 5.91 Å². The number of hydrogen-bond donors (Lipinski definition) is 4. The molecule has 90 valence electrons. The molecule has 15 heavy (non-hydrogen) atoms. The van der Waals surface area contributed by atoms with E-state index in [1.165, 1.54) is 0 Å². The summed E-state index contributed by atoms with van der Waals surface area (Å²) < 4.78 is 0. The molecule has 0 spiro atoms. The number of hydrazine groups is 1. The van der Waals surface area contributed by atoms with Gasteiger partial charge in [-0.15, -0.1) is 0 Å². The summed E-state index contributed by atoms with van der Waals surface area (Å²) in [4.78, 5) is 11.6. The molecular weight excluding hydrogens is 192 g/mol. The highest BCUT2D eigenvalue weighted by atomic mass is 16.2. The van der Waals surface area contributed by atoms with Crippen LogP contribution in [-0.4, -0.2) is 18.1 Å². The van der Waals surface area contributed by atoms with Crippen molar-refractivity contribution in [3.63, 3.8) is 0 Å². The van der Waals surface area contributed by atoms with Crippen molar-refractivity contribution in [3.05, 3.63) is 0 Å². The Balaban J connectivity index is 4.50. The summed E-state index contributed by atoms with van der Waals surface area (Å²) in [6, 6.07) is 0.0735. The number of carbonyl (C=O) groups is 1. The van der Waals surface area contributed by atoms with Gasteiger partial charge in [0.05, 0.1) is 0 Å². The largest absolute Gasteiger partial charge is 0.350 e. The zero-order valence-corrected chi connectivity index (χ0v) is 10.3. The van der Waals surface area contributed by atoms with Gasteiger partial charge in [-0.05, 0) is 11.3 Å². The van der Waals surface area contributed by atoms with Crippen LogP contribution in [0.25, 0.3) is 0 Å². The first-order valence-electron chi connectivity index (χ1n) is 5.22. The highest BCUT2D eigenvalue weighted by molar-refractivity contribution is 5.81. The van der Waals surface area contributed by atoms with E-state index >= 15 is 0 Å². The second-order valence-electron chi connectivity index (χ2n) is 5.24. The van der Waals surface area contributed by atoms with E-state index < -0.39 is 6.17 Å². The predicted molar refractivity (Wildman–Crippen MR) is 61.5 cm³/mol. The van der Waals surface area contributed by atoms with Crippen molar-refractivity contribution < 1.29 is 4.79 Å². The van der Waals surface area contributed by atoms with Gasteiger partial charge in [0.2, 0.25) is 0 Å². The molecule has 6 N–H and O–H groups in total. The Kier molecular flexibility index (Phi) is 5.20. The number of nitrogens with two attached hydrogens (primary N) is 2. The average molecular weight is 216 g/mol. The first-order chi connectivity index (χ1) is 6.70. The first kappa shape index (κ1) is 14.3. The summed E-state index contributed by atoms with van der Waals surface area (Å²) in [6.45, 7) is 10.4. The van der Waals surface area contributed by atoms with Crippen molar-refractivity contribution in [1.29, 1.82) is 0 Å². The van der Waals surface area contributed by atoms with Crippen LogP contribution in [0.5, 0.6) is 0 Å². The first-order valence-corrected chi connectivity index (χ1v) is 5.22. The second kappa shape index (κ2) is 5.44. The Hall–Kier alpha value is -0.650. The summed E-state index contributed by atoms with van der Waals surface area (Å²) in [7, 11) is 0. The number of nitrogens with one attached hydrogen (secondary N) is 2. The van der Waals surface area contributed by atoms with Crippen LogP contribution in [0.3, 0.4) is 0 Å². The molecule has 0 heterocycles. The van der Waals surface area contributed by atoms with Crippen molar-refractivity contribution in [1.82, 2.24) is 10.7 Å². The van der Waals surface area contributed by atoms with Crippen molar-refractivity contribution in [2.24, 2.45) is 22.9 Å². The molecule has 0 rings (SSSR count). The predicted octanol–water partition coefficient (Wildman–Crippen LogP) is -0.0786. The zero-order valence-electron chi connectivity index (χ0n) is 10.3. The summed E-state index contributed by atoms with van der Waals surface area (Å²) in [5, 5.41) is 2.90. The lowest BCUT2D eigenvalue weighted by Crippen LogP contribution is -2.58. The van der Waals surface area contributed by atoms with E-state index in [2.05, 4.69) is 45.4 Å². The lowest BCUT2D eigenvalue weighted by molar-refractivity contribution is -0.125. The molecule has 0 aromatic rings. The second-order valence-corrected chi connectivity index (χ2v) is 5.24. The third kappa shape index (κ3) is 4.59. The van der Waals surface area contributed by atoms with Crippen molar-refractivity contribution in [3.8, 4) is 0 Å². The number of carbonyl (C=O) groups excluding carboxylic acids is 1. The van der Waals surface area contributed by atoms with Crippen molar-refractivity contribution in [2.45, 2.75) is 46.8 Å².